The van der Waals surface area contributed by atoms with Crippen molar-refractivity contribution >= 4 is 11.9 Å². The largest absolute Gasteiger partial charge is 0.449 e. The molecule has 2 rings (SSSR count). The summed E-state index contributed by atoms with van der Waals surface area (Å²) in [5, 5.41) is 3.04. The van der Waals surface area contributed by atoms with Crippen molar-refractivity contribution in [1.29, 1.82) is 0 Å². The lowest BCUT2D eigenvalue weighted by Crippen LogP contribution is -2.47. The van der Waals surface area contributed by atoms with E-state index in [9.17, 15) is 9.59 Å². The first-order valence-corrected chi connectivity index (χ1v) is 8.05. The topological polar surface area (TPSA) is 55.4 Å². The Bertz CT molecular complexity index is 514. The molecule has 4 heteroatoms. The van der Waals surface area contributed by atoms with Gasteiger partial charge in [-0.1, -0.05) is 44.9 Å². The van der Waals surface area contributed by atoms with E-state index in [4.69, 9.17) is 4.74 Å². The van der Waals surface area contributed by atoms with Gasteiger partial charge in [0.15, 0.2) is 6.10 Å². The van der Waals surface area contributed by atoms with Gasteiger partial charge in [-0.05, 0) is 37.3 Å². The summed E-state index contributed by atoms with van der Waals surface area (Å²) in [6.07, 6.45) is 2.56. The van der Waals surface area contributed by atoms with Gasteiger partial charge in [-0.2, -0.15) is 0 Å². The van der Waals surface area contributed by atoms with Gasteiger partial charge >= 0.3 is 5.97 Å². The minimum absolute atomic E-state index is 0.175. The summed E-state index contributed by atoms with van der Waals surface area (Å²) in [5.74, 6) is 0.388. The minimum atomic E-state index is -0.780. The predicted molar refractivity (Wildman–Crippen MR) is 85.4 cm³/mol. The molecule has 1 N–H and O–H groups in total. The fourth-order valence-corrected chi connectivity index (χ4v) is 2.94. The van der Waals surface area contributed by atoms with E-state index >= 15 is 0 Å². The number of carbonyl (C=O) groups excluding carboxylic acids is 2. The Morgan fingerprint density at radius 2 is 1.86 bits per heavy atom. The van der Waals surface area contributed by atoms with Crippen molar-refractivity contribution in [3.63, 3.8) is 0 Å². The van der Waals surface area contributed by atoms with E-state index in [1.807, 2.05) is 6.07 Å². The third-order valence-corrected chi connectivity index (χ3v) is 4.70. The van der Waals surface area contributed by atoms with Crippen LogP contribution in [-0.4, -0.2) is 24.0 Å². The van der Waals surface area contributed by atoms with Gasteiger partial charge in [0, 0.05) is 6.04 Å². The fourth-order valence-electron chi connectivity index (χ4n) is 2.94. The van der Waals surface area contributed by atoms with Gasteiger partial charge in [-0.3, -0.25) is 4.79 Å². The van der Waals surface area contributed by atoms with E-state index < -0.39 is 12.1 Å². The number of amides is 1. The van der Waals surface area contributed by atoms with Crippen LogP contribution in [0.4, 0.5) is 0 Å². The van der Waals surface area contributed by atoms with Crippen molar-refractivity contribution in [3.05, 3.63) is 35.9 Å². The normalized spacial score (nSPS) is 26.0. The van der Waals surface area contributed by atoms with Crippen molar-refractivity contribution in [2.24, 2.45) is 11.8 Å². The molecule has 0 unspecified atom stereocenters. The molecule has 1 fully saturated rings. The second-order valence-electron chi connectivity index (χ2n) is 6.30. The van der Waals surface area contributed by atoms with Gasteiger partial charge in [0.25, 0.3) is 5.91 Å². The summed E-state index contributed by atoms with van der Waals surface area (Å²) in [5.41, 5.74) is 0.460. The van der Waals surface area contributed by atoms with Crippen LogP contribution in [0.2, 0.25) is 0 Å². The molecule has 1 aliphatic rings. The summed E-state index contributed by atoms with van der Waals surface area (Å²) < 4.78 is 5.25. The van der Waals surface area contributed by atoms with Crippen LogP contribution < -0.4 is 5.32 Å². The van der Waals surface area contributed by atoms with Gasteiger partial charge in [0.1, 0.15) is 0 Å². The first-order valence-electron chi connectivity index (χ1n) is 8.05. The number of hydrogen-bond acceptors (Lipinski definition) is 3. The lowest BCUT2D eigenvalue weighted by atomic mass is 9.78. The van der Waals surface area contributed by atoms with Crippen LogP contribution in [0, 0.1) is 11.8 Å². The number of benzene rings is 1. The Morgan fingerprint density at radius 1 is 1.18 bits per heavy atom. The molecule has 0 spiro atoms. The number of esters is 1. The first kappa shape index (κ1) is 16.5. The van der Waals surface area contributed by atoms with E-state index in [1.165, 1.54) is 6.42 Å². The van der Waals surface area contributed by atoms with E-state index in [1.54, 1.807) is 31.2 Å². The highest BCUT2D eigenvalue weighted by Gasteiger charge is 2.30. The van der Waals surface area contributed by atoms with E-state index in [-0.39, 0.29) is 11.9 Å². The van der Waals surface area contributed by atoms with Gasteiger partial charge in [0.2, 0.25) is 0 Å². The molecule has 0 aliphatic heterocycles. The van der Waals surface area contributed by atoms with Crippen LogP contribution in [0.25, 0.3) is 0 Å². The Kier molecular flexibility index (Phi) is 5.58. The number of hydrogen-bond donors (Lipinski definition) is 1. The van der Waals surface area contributed by atoms with Crippen molar-refractivity contribution in [3.8, 4) is 0 Å². The highest BCUT2D eigenvalue weighted by atomic mass is 16.5. The third kappa shape index (κ3) is 4.09. The van der Waals surface area contributed by atoms with Gasteiger partial charge in [0.05, 0.1) is 5.56 Å². The van der Waals surface area contributed by atoms with E-state index in [2.05, 4.69) is 19.2 Å². The smallest absolute Gasteiger partial charge is 0.338 e. The predicted octanol–water partition coefficient (Wildman–Crippen LogP) is 3.17. The van der Waals surface area contributed by atoms with Crippen LogP contribution in [0.1, 0.15) is 50.4 Å². The fraction of sp³-hybridized carbons (Fsp3) is 0.556. The molecule has 4 nitrogen and oxygen atoms in total. The molecule has 120 valence electrons. The Morgan fingerprint density at radius 3 is 2.55 bits per heavy atom. The van der Waals surface area contributed by atoms with Gasteiger partial charge in [-0.15, -0.1) is 0 Å². The summed E-state index contributed by atoms with van der Waals surface area (Å²) >= 11 is 0. The molecule has 0 saturated heterocycles. The molecule has 0 heterocycles. The van der Waals surface area contributed by atoms with Crippen LogP contribution in [0.15, 0.2) is 30.3 Å². The molecule has 0 bridgehead atoms. The molecular weight excluding hydrogens is 278 g/mol. The SMILES string of the molecule is C[C@@H]1[C@H](C)CCC[C@@H]1NC(=O)[C@@H](C)OC(=O)c1ccccc1. The highest BCUT2D eigenvalue weighted by Crippen LogP contribution is 2.29. The standard InChI is InChI=1S/C18H25NO3/c1-12-8-7-11-16(13(12)2)19-17(20)14(3)22-18(21)15-9-5-4-6-10-15/h4-6,9-10,12-14,16H,7-8,11H2,1-3H3,(H,19,20)/t12-,13-,14-,16+/m1/s1. The van der Waals surface area contributed by atoms with Crippen LogP contribution in [0.3, 0.4) is 0 Å². The minimum Gasteiger partial charge on any atom is -0.449 e. The van der Waals surface area contributed by atoms with Gasteiger partial charge < -0.3 is 10.1 Å². The molecule has 22 heavy (non-hydrogen) atoms. The number of rotatable bonds is 4. The molecule has 1 aromatic rings. The van der Waals surface area contributed by atoms with Crippen LogP contribution in [0.5, 0.6) is 0 Å². The number of ether oxygens (including phenoxy) is 1. The van der Waals surface area contributed by atoms with Crippen molar-refractivity contribution in [2.75, 3.05) is 0 Å². The van der Waals surface area contributed by atoms with Crippen molar-refractivity contribution < 1.29 is 14.3 Å². The third-order valence-electron chi connectivity index (χ3n) is 4.70. The van der Waals surface area contributed by atoms with E-state index in [0.717, 1.165) is 12.8 Å². The van der Waals surface area contributed by atoms with Crippen molar-refractivity contribution in [1.82, 2.24) is 5.32 Å². The maximum absolute atomic E-state index is 12.2. The second-order valence-corrected chi connectivity index (χ2v) is 6.30. The summed E-state index contributed by atoms with van der Waals surface area (Å²) in [7, 11) is 0. The number of carbonyl (C=O) groups is 2. The molecule has 1 amide bonds. The lowest BCUT2D eigenvalue weighted by Gasteiger charge is -2.35. The monoisotopic (exact) mass is 303 g/mol. The summed E-state index contributed by atoms with van der Waals surface area (Å²) in [6.45, 7) is 6.02. The summed E-state index contributed by atoms with van der Waals surface area (Å²) in [6, 6.07) is 8.90. The van der Waals surface area contributed by atoms with E-state index in [0.29, 0.717) is 17.4 Å². The Labute approximate surface area is 132 Å². The zero-order valence-corrected chi connectivity index (χ0v) is 13.5. The Hall–Kier alpha value is -1.84. The average molecular weight is 303 g/mol. The Balaban J connectivity index is 1.88. The maximum Gasteiger partial charge on any atom is 0.338 e. The van der Waals surface area contributed by atoms with Crippen molar-refractivity contribution in [2.45, 2.75) is 52.2 Å². The summed E-state index contributed by atoms with van der Waals surface area (Å²) in [4.78, 5) is 24.2. The lowest BCUT2D eigenvalue weighted by molar-refractivity contribution is -0.130. The zero-order valence-electron chi connectivity index (χ0n) is 13.5. The average Bonchev–Trinajstić information content (AvgIpc) is 2.52. The molecule has 1 aliphatic carbocycles. The molecule has 1 saturated carbocycles. The van der Waals surface area contributed by atoms with Crippen LogP contribution in [-0.2, 0) is 9.53 Å². The molecule has 4 atom stereocenters. The molecule has 0 aromatic heterocycles. The molecule has 1 aromatic carbocycles. The highest BCUT2D eigenvalue weighted by molar-refractivity contribution is 5.92. The maximum atomic E-state index is 12.2. The number of nitrogens with one attached hydrogen (secondary N) is 1. The van der Waals surface area contributed by atoms with Crippen LogP contribution >= 0.6 is 0 Å². The molecule has 0 radical (unpaired) electrons. The first-order chi connectivity index (χ1) is 10.5. The second kappa shape index (κ2) is 7.43. The van der Waals surface area contributed by atoms with Gasteiger partial charge in [-0.25, -0.2) is 4.79 Å². The quantitative estimate of drug-likeness (QED) is 0.869. The molecular formula is C18H25NO3. The zero-order chi connectivity index (χ0) is 16.1.